The SMILES string of the molecule is CCCN1C(=NC(=O)c2cccc(C(C)=O)c2)Cc2cc(/C=C/C(=O)NCCCOCCOCCOCCOCCOCCCNC(=O)c3ccc(N=Nc4cc(CCCC(=O)OC(C)(C)C)ccc4O)cc3)ccc21. The second-order valence-corrected chi connectivity index (χ2v) is 18.8. The zero-order chi connectivity index (χ0) is 54.5. The number of azo groups is 1. The third-order valence-corrected chi connectivity index (χ3v) is 11.4. The van der Waals surface area contributed by atoms with Crippen LogP contribution in [0.1, 0.15) is 114 Å². The van der Waals surface area contributed by atoms with Crippen LogP contribution in [0.4, 0.5) is 17.1 Å². The number of aryl methyl sites for hydroxylation is 1. The average molecular weight is 1050 g/mol. The van der Waals surface area contributed by atoms with Crippen LogP contribution in [0, 0.1) is 0 Å². The number of phenols is 1. The van der Waals surface area contributed by atoms with Crippen LogP contribution in [0.15, 0.2) is 106 Å². The molecule has 5 rings (SSSR count). The van der Waals surface area contributed by atoms with E-state index in [9.17, 15) is 29.1 Å². The number of hydrogen-bond acceptors (Lipinski definition) is 14. The van der Waals surface area contributed by atoms with Crippen LogP contribution in [-0.2, 0) is 50.9 Å². The van der Waals surface area contributed by atoms with Crippen LogP contribution in [0.5, 0.6) is 5.75 Å². The summed E-state index contributed by atoms with van der Waals surface area (Å²) in [5, 5.41) is 24.4. The van der Waals surface area contributed by atoms with Crippen molar-refractivity contribution in [1.82, 2.24) is 10.6 Å². The van der Waals surface area contributed by atoms with E-state index in [2.05, 4.69) is 37.7 Å². The molecule has 0 saturated heterocycles. The molecule has 18 nitrogen and oxygen atoms in total. The molecule has 0 spiro atoms. The molecule has 0 bridgehead atoms. The van der Waals surface area contributed by atoms with Gasteiger partial charge < -0.3 is 49.1 Å². The number of amidine groups is 1. The molecule has 0 unspecified atom stereocenters. The van der Waals surface area contributed by atoms with E-state index in [1.165, 1.54) is 13.0 Å². The Balaban J connectivity index is 0.807. The predicted octanol–water partition coefficient (Wildman–Crippen LogP) is 9.11. The van der Waals surface area contributed by atoms with Gasteiger partial charge in [-0.1, -0.05) is 31.2 Å². The molecule has 76 heavy (non-hydrogen) atoms. The molecule has 3 amide bonds. The van der Waals surface area contributed by atoms with Gasteiger partial charge in [0.15, 0.2) is 5.78 Å². The van der Waals surface area contributed by atoms with Crippen molar-refractivity contribution in [2.24, 2.45) is 15.2 Å². The number of rotatable bonds is 33. The Morgan fingerprint density at radius 2 is 1.33 bits per heavy atom. The highest BCUT2D eigenvalue weighted by Gasteiger charge is 2.26. The van der Waals surface area contributed by atoms with E-state index in [4.69, 9.17) is 28.4 Å². The molecule has 0 atom stereocenters. The number of benzene rings is 4. The molecule has 0 fully saturated rings. The van der Waals surface area contributed by atoms with Crippen LogP contribution < -0.4 is 15.5 Å². The number of fused-ring (bicyclic) bond motifs is 1. The van der Waals surface area contributed by atoms with E-state index in [0.717, 1.165) is 28.8 Å². The zero-order valence-electron chi connectivity index (χ0n) is 44.6. The summed E-state index contributed by atoms with van der Waals surface area (Å²) in [6.07, 6.45) is 7.43. The van der Waals surface area contributed by atoms with E-state index in [0.29, 0.717) is 158 Å². The van der Waals surface area contributed by atoms with Crippen molar-refractivity contribution >= 4 is 58.4 Å². The maximum absolute atomic E-state index is 13.1. The number of aliphatic imine (C=N–C) groups is 1. The van der Waals surface area contributed by atoms with Crippen LogP contribution in [0.3, 0.4) is 0 Å². The summed E-state index contributed by atoms with van der Waals surface area (Å²) in [6.45, 7) is 15.1. The molecule has 0 aliphatic carbocycles. The summed E-state index contributed by atoms with van der Waals surface area (Å²) >= 11 is 0. The van der Waals surface area contributed by atoms with Gasteiger partial charge >= 0.3 is 5.97 Å². The molecule has 408 valence electrons. The minimum absolute atomic E-state index is 0.0111. The summed E-state index contributed by atoms with van der Waals surface area (Å²) in [7, 11) is 0. The number of hydrogen-bond donors (Lipinski definition) is 3. The first-order chi connectivity index (χ1) is 36.7. The minimum atomic E-state index is -0.521. The van der Waals surface area contributed by atoms with E-state index in [1.807, 2.05) is 39.0 Å². The minimum Gasteiger partial charge on any atom is -0.506 e. The van der Waals surface area contributed by atoms with E-state index < -0.39 is 5.60 Å². The highest BCUT2D eigenvalue weighted by Crippen LogP contribution is 2.32. The van der Waals surface area contributed by atoms with E-state index in [-0.39, 0.29) is 35.2 Å². The molecule has 4 aromatic carbocycles. The highest BCUT2D eigenvalue weighted by molar-refractivity contribution is 6.13. The predicted molar refractivity (Wildman–Crippen MR) is 291 cm³/mol. The van der Waals surface area contributed by atoms with Crippen molar-refractivity contribution in [3.8, 4) is 5.75 Å². The van der Waals surface area contributed by atoms with Crippen molar-refractivity contribution in [1.29, 1.82) is 0 Å². The normalized spacial score (nSPS) is 12.9. The summed E-state index contributed by atoms with van der Waals surface area (Å²) in [6, 6.07) is 24.3. The Labute approximate surface area is 446 Å². The lowest BCUT2D eigenvalue weighted by Gasteiger charge is -2.19. The summed E-state index contributed by atoms with van der Waals surface area (Å²) in [4.78, 5) is 68.5. The monoisotopic (exact) mass is 1050 g/mol. The van der Waals surface area contributed by atoms with Gasteiger partial charge in [0, 0.05) is 74.1 Å². The largest absolute Gasteiger partial charge is 0.506 e. The van der Waals surface area contributed by atoms with Crippen molar-refractivity contribution < 1.29 is 57.5 Å². The number of ether oxygens (including phenoxy) is 6. The van der Waals surface area contributed by atoms with Crippen LogP contribution in [-0.4, -0.2) is 132 Å². The van der Waals surface area contributed by atoms with Crippen molar-refractivity contribution in [3.63, 3.8) is 0 Å². The molecule has 1 heterocycles. The third-order valence-electron chi connectivity index (χ3n) is 11.4. The molecule has 1 aliphatic heterocycles. The van der Waals surface area contributed by atoms with Gasteiger partial charge in [-0.25, -0.2) is 0 Å². The van der Waals surface area contributed by atoms with E-state index in [1.54, 1.807) is 72.8 Å². The Bertz CT molecular complexity index is 2610. The fourth-order valence-corrected chi connectivity index (χ4v) is 7.65. The Hall–Kier alpha value is -6.96. The first-order valence-corrected chi connectivity index (χ1v) is 26.0. The number of anilines is 1. The Morgan fingerprint density at radius 1 is 0.697 bits per heavy atom. The lowest BCUT2D eigenvalue weighted by molar-refractivity contribution is -0.154. The first kappa shape index (κ1) is 59.9. The molecule has 0 saturated carbocycles. The van der Waals surface area contributed by atoms with Gasteiger partial charge in [0.25, 0.3) is 11.8 Å². The second-order valence-electron chi connectivity index (χ2n) is 18.8. The maximum Gasteiger partial charge on any atom is 0.306 e. The van der Waals surface area contributed by atoms with Gasteiger partial charge in [-0.15, -0.1) is 5.11 Å². The van der Waals surface area contributed by atoms with Gasteiger partial charge in [0.1, 0.15) is 22.9 Å². The third kappa shape index (κ3) is 22.1. The molecule has 4 aromatic rings. The number of nitrogens with one attached hydrogen (secondary N) is 2. The van der Waals surface area contributed by atoms with Gasteiger partial charge in [-0.05, 0) is 143 Å². The van der Waals surface area contributed by atoms with E-state index >= 15 is 0 Å². The van der Waals surface area contributed by atoms with Crippen molar-refractivity contribution in [2.75, 3.05) is 90.6 Å². The summed E-state index contributed by atoms with van der Waals surface area (Å²) in [5.74, 6) is -0.520. The summed E-state index contributed by atoms with van der Waals surface area (Å²) in [5.41, 5.74) is 5.42. The number of aromatic hydroxyl groups is 1. The molecule has 0 radical (unpaired) electrons. The molecule has 3 N–H and O–H groups in total. The number of phenolic OH excluding ortho intramolecular Hbond substituents is 1. The zero-order valence-corrected chi connectivity index (χ0v) is 44.6. The Kier molecular flexibility index (Phi) is 25.6. The fourth-order valence-electron chi connectivity index (χ4n) is 7.65. The Morgan fingerprint density at radius 3 is 1.96 bits per heavy atom. The summed E-state index contributed by atoms with van der Waals surface area (Å²) < 4.78 is 33.3. The number of carbonyl (C=O) groups is 5. The molecule has 0 aromatic heterocycles. The molecular weight excluding hydrogens is 973 g/mol. The second kappa shape index (κ2) is 32.5. The number of carbonyl (C=O) groups excluding carboxylic acids is 5. The van der Waals surface area contributed by atoms with Crippen LogP contribution in [0.25, 0.3) is 6.08 Å². The van der Waals surface area contributed by atoms with Crippen LogP contribution in [0.2, 0.25) is 0 Å². The van der Waals surface area contributed by atoms with Gasteiger partial charge in [0.05, 0.1) is 58.5 Å². The quantitative estimate of drug-likeness (QED) is 0.0133. The van der Waals surface area contributed by atoms with Gasteiger partial charge in [-0.2, -0.15) is 10.1 Å². The van der Waals surface area contributed by atoms with Gasteiger partial charge in [-0.3, -0.25) is 24.0 Å². The number of nitrogens with zero attached hydrogens (tertiary/aromatic N) is 4. The lowest BCUT2D eigenvalue weighted by Crippen LogP contribution is -2.28. The first-order valence-electron chi connectivity index (χ1n) is 26.0. The van der Waals surface area contributed by atoms with Crippen LogP contribution >= 0.6 is 0 Å². The average Bonchev–Trinajstić information content (AvgIpc) is 3.73. The smallest absolute Gasteiger partial charge is 0.306 e. The van der Waals surface area contributed by atoms with Crippen molar-refractivity contribution in [3.05, 3.63) is 124 Å². The number of amides is 3. The lowest BCUT2D eigenvalue weighted by atomic mass is 10.1. The number of Topliss-reactive ketones (excluding diaryl/α,β-unsaturated/α-hetero) is 1. The molecule has 1 aliphatic rings. The highest BCUT2D eigenvalue weighted by atomic mass is 16.6. The number of esters is 1. The topological polar surface area (TPSA) is 225 Å². The standard InChI is InChI=1S/C58H74N6O12/c1-6-27-64-51-22-15-44(38-48(51)41-53(64)61-57(70)47-13-8-12-46(40-47)42(2)65)17-24-54(67)59-25-9-28-71-30-32-73-34-36-75-37-35-74-33-31-72-29-10-26-60-56(69)45-18-20-49(21-19-45)62-63-50-39-43(16-23-52(50)66)11-7-14-55(68)76-58(3,4)5/h8,12-13,15-24,38-40,66H,6-7,9-11,14,25-37,41H2,1-5H3,(H,59,67)(H,60,69)/b24-17+,61-53?,63-62?. The number of ketones is 1. The molecule has 18 heteroatoms. The molecular formula is C58H74N6O12. The van der Waals surface area contributed by atoms with Crippen molar-refractivity contribution in [2.45, 2.75) is 85.2 Å². The van der Waals surface area contributed by atoms with Gasteiger partial charge in [0.2, 0.25) is 5.91 Å². The maximum atomic E-state index is 13.1. The fraction of sp³-hybridized carbons (Fsp3) is 0.448.